The number of hydrogen-bond donors (Lipinski definition) is 2. The summed E-state index contributed by atoms with van der Waals surface area (Å²) in [6, 6.07) is 5.57. The molecule has 19 heavy (non-hydrogen) atoms. The van der Waals surface area contributed by atoms with E-state index >= 15 is 0 Å². The van der Waals surface area contributed by atoms with Crippen LogP contribution in [0.5, 0.6) is 5.75 Å². The molecule has 2 rings (SSSR count). The third-order valence-electron chi connectivity index (χ3n) is 3.48. The van der Waals surface area contributed by atoms with E-state index in [9.17, 15) is 5.11 Å². The van der Waals surface area contributed by atoms with Crippen molar-refractivity contribution < 1.29 is 14.6 Å². The minimum absolute atomic E-state index is 0.0401. The molecule has 2 atom stereocenters. The van der Waals surface area contributed by atoms with Gasteiger partial charge >= 0.3 is 0 Å². The van der Waals surface area contributed by atoms with Gasteiger partial charge < -0.3 is 19.9 Å². The number of hydrogen-bond acceptors (Lipinski definition) is 4. The van der Waals surface area contributed by atoms with Gasteiger partial charge in [-0.1, -0.05) is 11.6 Å². The molecule has 0 radical (unpaired) electrons. The molecule has 0 aromatic heterocycles. The van der Waals surface area contributed by atoms with Crippen LogP contribution in [0.15, 0.2) is 18.2 Å². The van der Waals surface area contributed by atoms with Crippen LogP contribution in [-0.2, 0) is 4.74 Å². The van der Waals surface area contributed by atoms with E-state index in [1.165, 1.54) is 0 Å². The highest BCUT2D eigenvalue weighted by molar-refractivity contribution is 6.30. The number of halogens is 1. The topological polar surface area (TPSA) is 50.7 Å². The van der Waals surface area contributed by atoms with Gasteiger partial charge in [0.15, 0.2) is 0 Å². The van der Waals surface area contributed by atoms with Crippen molar-refractivity contribution in [2.45, 2.75) is 25.0 Å². The van der Waals surface area contributed by atoms with E-state index in [-0.39, 0.29) is 6.04 Å². The zero-order valence-electron chi connectivity index (χ0n) is 11.3. The summed E-state index contributed by atoms with van der Waals surface area (Å²) < 4.78 is 10.6. The molecule has 1 fully saturated rings. The molecule has 0 spiro atoms. The Labute approximate surface area is 118 Å². The highest BCUT2D eigenvalue weighted by atomic mass is 35.5. The van der Waals surface area contributed by atoms with Crippen molar-refractivity contribution in [2.75, 3.05) is 26.9 Å². The van der Waals surface area contributed by atoms with E-state index in [0.29, 0.717) is 31.2 Å². The largest absolute Gasteiger partial charge is 0.496 e. The van der Waals surface area contributed by atoms with Crippen LogP contribution in [0.25, 0.3) is 0 Å². The standard InChI is InChI=1S/C14H20ClNO3/c1-10(16-8-14(17)5-6-19-9-14)12-7-11(15)3-4-13(12)18-2/h3-4,7,10,16-17H,5-6,8-9H2,1-2H3/t10-,14+/m0/s1. The highest BCUT2D eigenvalue weighted by Crippen LogP contribution is 2.28. The van der Waals surface area contributed by atoms with Gasteiger partial charge in [-0.25, -0.2) is 0 Å². The van der Waals surface area contributed by atoms with Gasteiger partial charge in [-0.05, 0) is 25.1 Å². The van der Waals surface area contributed by atoms with Crippen molar-refractivity contribution in [2.24, 2.45) is 0 Å². The number of methoxy groups -OCH3 is 1. The lowest BCUT2D eigenvalue weighted by Crippen LogP contribution is -2.41. The summed E-state index contributed by atoms with van der Waals surface area (Å²) >= 11 is 6.02. The van der Waals surface area contributed by atoms with Crippen LogP contribution in [0.2, 0.25) is 5.02 Å². The molecule has 0 saturated carbocycles. The third kappa shape index (κ3) is 3.60. The molecule has 1 aliphatic rings. The maximum atomic E-state index is 10.2. The van der Waals surface area contributed by atoms with E-state index in [0.717, 1.165) is 11.3 Å². The first-order valence-corrected chi connectivity index (χ1v) is 6.79. The van der Waals surface area contributed by atoms with Crippen LogP contribution in [0.4, 0.5) is 0 Å². The Kier molecular flexibility index (Phi) is 4.68. The zero-order valence-corrected chi connectivity index (χ0v) is 12.0. The maximum Gasteiger partial charge on any atom is 0.123 e. The number of rotatable bonds is 5. The van der Waals surface area contributed by atoms with E-state index in [2.05, 4.69) is 5.32 Å². The summed E-state index contributed by atoms with van der Waals surface area (Å²) in [7, 11) is 1.64. The van der Waals surface area contributed by atoms with E-state index in [4.69, 9.17) is 21.1 Å². The molecule has 1 aliphatic heterocycles. The van der Waals surface area contributed by atoms with Gasteiger partial charge in [-0.15, -0.1) is 0 Å². The normalized spacial score (nSPS) is 24.4. The predicted molar refractivity (Wildman–Crippen MR) is 74.8 cm³/mol. The van der Waals surface area contributed by atoms with Crippen LogP contribution >= 0.6 is 11.6 Å². The van der Waals surface area contributed by atoms with Gasteiger partial charge in [-0.2, -0.15) is 0 Å². The Bertz CT molecular complexity index is 433. The molecule has 1 heterocycles. The van der Waals surface area contributed by atoms with Crippen molar-refractivity contribution >= 4 is 11.6 Å². The fraction of sp³-hybridized carbons (Fsp3) is 0.571. The molecule has 1 saturated heterocycles. The number of aliphatic hydroxyl groups is 1. The molecule has 0 unspecified atom stereocenters. The molecular weight excluding hydrogens is 266 g/mol. The molecule has 1 aromatic rings. The van der Waals surface area contributed by atoms with Gasteiger partial charge in [-0.3, -0.25) is 0 Å². The molecular formula is C14H20ClNO3. The van der Waals surface area contributed by atoms with Crippen molar-refractivity contribution in [1.29, 1.82) is 0 Å². The lowest BCUT2D eigenvalue weighted by molar-refractivity contribution is 0.0251. The summed E-state index contributed by atoms with van der Waals surface area (Å²) in [5.74, 6) is 0.791. The number of ether oxygens (including phenoxy) is 2. The lowest BCUT2D eigenvalue weighted by Gasteiger charge is -2.25. The summed E-state index contributed by atoms with van der Waals surface area (Å²) in [5.41, 5.74) is 0.220. The van der Waals surface area contributed by atoms with Crippen molar-refractivity contribution in [1.82, 2.24) is 5.32 Å². The van der Waals surface area contributed by atoms with E-state index in [1.54, 1.807) is 13.2 Å². The molecule has 1 aromatic carbocycles. The molecule has 0 aliphatic carbocycles. The highest BCUT2D eigenvalue weighted by Gasteiger charge is 2.32. The van der Waals surface area contributed by atoms with Crippen molar-refractivity contribution in [3.63, 3.8) is 0 Å². The average Bonchev–Trinajstić information content (AvgIpc) is 2.83. The molecule has 0 bridgehead atoms. The van der Waals surface area contributed by atoms with E-state index in [1.807, 2.05) is 19.1 Å². The Hall–Kier alpha value is -0.810. The lowest BCUT2D eigenvalue weighted by atomic mass is 10.0. The molecule has 5 heteroatoms. The summed E-state index contributed by atoms with van der Waals surface area (Å²) in [4.78, 5) is 0. The summed E-state index contributed by atoms with van der Waals surface area (Å²) in [5, 5.41) is 14.2. The van der Waals surface area contributed by atoms with Crippen LogP contribution in [0.1, 0.15) is 24.9 Å². The SMILES string of the molecule is COc1ccc(Cl)cc1[C@H](C)NC[C@]1(O)CCOC1. The number of nitrogens with one attached hydrogen (secondary N) is 1. The van der Waals surface area contributed by atoms with Crippen LogP contribution in [0, 0.1) is 0 Å². The first-order chi connectivity index (χ1) is 9.04. The average molecular weight is 286 g/mol. The third-order valence-corrected chi connectivity index (χ3v) is 3.71. The van der Waals surface area contributed by atoms with Crippen molar-refractivity contribution in [3.05, 3.63) is 28.8 Å². The Morgan fingerprint density at radius 3 is 3.00 bits per heavy atom. The Morgan fingerprint density at radius 2 is 2.37 bits per heavy atom. The monoisotopic (exact) mass is 285 g/mol. The first kappa shape index (κ1) is 14.6. The second-order valence-electron chi connectivity index (χ2n) is 5.02. The van der Waals surface area contributed by atoms with Crippen molar-refractivity contribution in [3.8, 4) is 5.75 Å². The number of benzene rings is 1. The first-order valence-electron chi connectivity index (χ1n) is 6.41. The van der Waals surface area contributed by atoms with Gasteiger partial charge in [0.2, 0.25) is 0 Å². The molecule has 0 amide bonds. The Morgan fingerprint density at radius 1 is 1.58 bits per heavy atom. The molecule has 2 N–H and O–H groups in total. The molecule has 106 valence electrons. The second kappa shape index (κ2) is 6.09. The predicted octanol–water partition coefficient (Wildman–Crippen LogP) is 2.15. The van der Waals surface area contributed by atoms with Gasteiger partial charge in [0.1, 0.15) is 11.4 Å². The van der Waals surface area contributed by atoms with Crippen LogP contribution in [-0.4, -0.2) is 37.6 Å². The summed E-state index contributed by atoms with van der Waals surface area (Å²) in [6.45, 7) is 3.52. The second-order valence-corrected chi connectivity index (χ2v) is 5.45. The van der Waals surface area contributed by atoms with Gasteiger partial charge in [0, 0.05) is 36.2 Å². The smallest absolute Gasteiger partial charge is 0.123 e. The molecule has 4 nitrogen and oxygen atoms in total. The fourth-order valence-corrected chi connectivity index (χ4v) is 2.41. The van der Waals surface area contributed by atoms with Gasteiger partial charge in [0.25, 0.3) is 0 Å². The minimum atomic E-state index is -0.764. The van der Waals surface area contributed by atoms with Crippen LogP contribution < -0.4 is 10.1 Å². The maximum absolute atomic E-state index is 10.2. The van der Waals surface area contributed by atoms with Gasteiger partial charge in [0.05, 0.1) is 13.7 Å². The quantitative estimate of drug-likeness (QED) is 0.870. The van der Waals surface area contributed by atoms with E-state index < -0.39 is 5.60 Å². The Balaban J connectivity index is 2.03. The zero-order chi connectivity index (χ0) is 13.9. The van der Waals surface area contributed by atoms with Crippen LogP contribution in [0.3, 0.4) is 0 Å². The summed E-state index contributed by atoms with van der Waals surface area (Å²) in [6.07, 6.45) is 0.666. The minimum Gasteiger partial charge on any atom is -0.496 e. The fourth-order valence-electron chi connectivity index (χ4n) is 2.23.